The van der Waals surface area contributed by atoms with Gasteiger partial charge in [0.25, 0.3) is 0 Å². The molecule has 0 saturated carbocycles. The van der Waals surface area contributed by atoms with Crippen molar-refractivity contribution < 1.29 is 27.1 Å². The van der Waals surface area contributed by atoms with Gasteiger partial charge < -0.3 is 15.4 Å². The number of aromatic nitrogens is 2. The first-order chi connectivity index (χ1) is 13.7. The molecule has 0 bridgehead atoms. The van der Waals surface area contributed by atoms with E-state index < -0.39 is 30.0 Å². The lowest BCUT2D eigenvalue weighted by molar-refractivity contribution is -0.144. The molecular weight excluding hydrogens is 451 g/mol. The first kappa shape index (κ1) is 26.2. The molecule has 1 heterocycles. The number of carbonyl (C=O) groups is 1. The summed E-state index contributed by atoms with van der Waals surface area (Å²) in [5.74, 6) is -1.15. The van der Waals surface area contributed by atoms with E-state index in [1.165, 1.54) is 19.2 Å². The molecule has 6 nitrogen and oxygen atoms in total. The van der Waals surface area contributed by atoms with Crippen molar-refractivity contribution in [3.8, 4) is 0 Å². The van der Waals surface area contributed by atoms with Crippen LogP contribution in [-0.2, 0) is 35.2 Å². The lowest BCUT2D eigenvalue weighted by atomic mass is 10.1. The van der Waals surface area contributed by atoms with Crippen LogP contribution in [0, 0.1) is 5.82 Å². The number of amides is 1. The summed E-state index contributed by atoms with van der Waals surface area (Å²) in [5, 5.41) is 9.32. The fourth-order valence-electron chi connectivity index (χ4n) is 2.63. The van der Waals surface area contributed by atoms with Crippen molar-refractivity contribution in [2.45, 2.75) is 25.7 Å². The Morgan fingerprint density at radius 2 is 2.00 bits per heavy atom. The summed E-state index contributed by atoms with van der Waals surface area (Å²) in [6, 6.07) is 3.67. The fourth-order valence-corrected chi connectivity index (χ4v) is 2.86. The van der Waals surface area contributed by atoms with Crippen molar-refractivity contribution in [1.82, 2.24) is 20.4 Å². The van der Waals surface area contributed by atoms with E-state index in [2.05, 4.69) is 15.7 Å². The zero-order chi connectivity index (χ0) is 21.4. The van der Waals surface area contributed by atoms with Gasteiger partial charge in [-0.25, -0.2) is 4.39 Å². The number of halogens is 6. The largest absolute Gasteiger partial charge is 0.433 e. The summed E-state index contributed by atoms with van der Waals surface area (Å²) in [5.41, 5.74) is -0.728. The summed E-state index contributed by atoms with van der Waals surface area (Å²) in [4.78, 5) is 12.1. The van der Waals surface area contributed by atoms with Gasteiger partial charge in [-0.15, -0.1) is 12.4 Å². The zero-order valence-electron chi connectivity index (χ0n) is 16.1. The summed E-state index contributed by atoms with van der Waals surface area (Å²) >= 11 is 5.87. The summed E-state index contributed by atoms with van der Waals surface area (Å²) < 4.78 is 59.2. The number of hydrogen-bond donors (Lipinski definition) is 2. The second kappa shape index (κ2) is 12.1. The van der Waals surface area contributed by atoms with Crippen LogP contribution in [0.15, 0.2) is 24.4 Å². The molecule has 0 aliphatic heterocycles. The Labute approximate surface area is 182 Å². The molecule has 0 atom stereocenters. The third-order valence-electron chi connectivity index (χ3n) is 4.01. The minimum Gasteiger partial charge on any atom is -0.383 e. The topological polar surface area (TPSA) is 68.2 Å². The number of carbonyl (C=O) groups excluding carboxylic acids is 1. The zero-order valence-corrected chi connectivity index (χ0v) is 17.6. The molecule has 0 fully saturated rings. The molecule has 1 aromatic heterocycles. The van der Waals surface area contributed by atoms with Crippen molar-refractivity contribution in [3.05, 3.63) is 52.1 Å². The molecule has 2 N–H and O–H groups in total. The number of ether oxygens (including phenoxy) is 1. The van der Waals surface area contributed by atoms with Crippen molar-refractivity contribution in [3.63, 3.8) is 0 Å². The Morgan fingerprint density at radius 1 is 1.27 bits per heavy atom. The normalized spacial score (nSPS) is 11.3. The number of hydrogen-bond acceptors (Lipinski definition) is 4. The van der Waals surface area contributed by atoms with Gasteiger partial charge in [0.2, 0.25) is 5.91 Å². The molecule has 2 aromatic rings. The molecule has 0 aliphatic rings. The lowest BCUT2D eigenvalue weighted by Crippen LogP contribution is -2.28. The van der Waals surface area contributed by atoms with E-state index in [1.807, 2.05) is 0 Å². The molecular formula is C18H22Cl2F4N4O2. The van der Waals surface area contributed by atoms with Gasteiger partial charge in [0.1, 0.15) is 11.5 Å². The van der Waals surface area contributed by atoms with E-state index in [0.717, 1.165) is 16.9 Å². The maximum Gasteiger partial charge on any atom is 0.433 e. The van der Waals surface area contributed by atoms with Crippen molar-refractivity contribution in [2.75, 3.05) is 26.8 Å². The maximum absolute atomic E-state index is 13.5. The molecule has 168 valence electrons. The van der Waals surface area contributed by atoms with Crippen molar-refractivity contribution in [1.29, 1.82) is 0 Å². The van der Waals surface area contributed by atoms with Gasteiger partial charge in [0.05, 0.1) is 25.8 Å². The third-order valence-corrected chi connectivity index (χ3v) is 4.36. The number of nitrogens with one attached hydrogen (secondary N) is 2. The Kier molecular flexibility index (Phi) is 10.5. The Balaban J connectivity index is 0.00000450. The highest BCUT2D eigenvalue weighted by molar-refractivity contribution is 6.31. The molecule has 1 amide bonds. The number of nitrogens with zero attached hydrogens (tertiary/aromatic N) is 2. The third kappa shape index (κ3) is 7.75. The second-order valence-electron chi connectivity index (χ2n) is 6.17. The van der Waals surface area contributed by atoms with Crippen LogP contribution in [-0.4, -0.2) is 42.5 Å². The average Bonchev–Trinajstić information content (AvgIpc) is 3.03. The molecule has 1 aromatic carbocycles. The summed E-state index contributed by atoms with van der Waals surface area (Å²) in [6.45, 7) is 1.17. The van der Waals surface area contributed by atoms with E-state index in [-0.39, 0.29) is 42.6 Å². The Bertz CT molecular complexity index is 831. The first-order valence-corrected chi connectivity index (χ1v) is 9.12. The Morgan fingerprint density at radius 3 is 2.63 bits per heavy atom. The molecule has 12 heteroatoms. The van der Waals surface area contributed by atoms with Crippen LogP contribution >= 0.6 is 24.0 Å². The van der Waals surface area contributed by atoms with Gasteiger partial charge in [0.15, 0.2) is 0 Å². The number of benzene rings is 1. The SMILES string of the molecule is COCCNCCn1ncc(CC(=O)NCc2ccc(F)cc2Cl)c1C(F)(F)F.Cl. The van der Waals surface area contributed by atoms with Gasteiger partial charge in [-0.2, -0.15) is 18.3 Å². The van der Waals surface area contributed by atoms with Crippen LogP contribution in [0.1, 0.15) is 16.8 Å². The maximum atomic E-state index is 13.5. The predicted molar refractivity (Wildman–Crippen MR) is 106 cm³/mol. The molecule has 0 spiro atoms. The van der Waals surface area contributed by atoms with Crippen molar-refractivity contribution in [2.24, 2.45) is 0 Å². The average molecular weight is 473 g/mol. The van der Waals surface area contributed by atoms with Gasteiger partial charge in [-0.1, -0.05) is 17.7 Å². The standard InChI is InChI=1S/C18H21ClF4N4O2.ClH/c1-29-7-5-24-4-6-27-17(18(21,22)23)13(11-26-27)8-16(28)25-10-12-2-3-14(20)9-15(12)19;/h2-3,9,11,24H,4-8,10H2,1H3,(H,25,28);1H. The van der Waals surface area contributed by atoms with Crippen LogP contribution in [0.5, 0.6) is 0 Å². The molecule has 30 heavy (non-hydrogen) atoms. The van der Waals surface area contributed by atoms with E-state index in [9.17, 15) is 22.4 Å². The summed E-state index contributed by atoms with van der Waals surface area (Å²) in [6.07, 6.45) is -4.11. The minimum absolute atomic E-state index is 0. The smallest absolute Gasteiger partial charge is 0.383 e. The van der Waals surface area contributed by atoms with E-state index in [1.54, 1.807) is 0 Å². The monoisotopic (exact) mass is 472 g/mol. The van der Waals surface area contributed by atoms with Crippen LogP contribution in [0.4, 0.5) is 17.6 Å². The highest BCUT2D eigenvalue weighted by Crippen LogP contribution is 2.32. The highest BCUT2D eigenvalue weighted by Gasteiger charge is 2.38. The molecule has 2 rings (SSSR count). The summed E-state index contributed by atoms with van der Waals surface area (Å²) in [7, 11) is 1.53. The van der Waals surface area contributed by atoms with Crippen LogP contribution < -0.4 is 10.6 Å². The van der Waals surface area contributed by atoms with Crippen LogP contribution in [0.25, 0.3) is 0 Å². The van der Waals surface area contributed by atoms with Gasteiger partial charge in [0, 0.05) is 37.3 Å². The van der Waals surface area contributed by atoms with E-state index in [4.69, 9.17) is 16.3 Å². The first-order valence-electron chi connectivity index (χ1n) is 8.74. The number of rotatable bonds is 10. The number of alkyl halides is 3. The number of methoxy groups -OCH3 is 1. The molecule has 0 aliphatic carbocycles. The predicted octanol–water partition coefficient (Wildman–Crippen LogP) is 3.21. The Hall–Kier alpha value is -1.88. The van der Waals surface area contributed by atoms with E-state index >= 15 is 0 Å². The van der Waals surface area contributed by atoms with Gasteiger partial charge in [-0.3, -0.25) is 9.48 Å². The molecule has 0 saturated heterocycles. The second-order valence-corrected chi connectivity index (χ2v) is 6.58. The quantitative estimate of drug-likeness (QED) is 0.411. The van der Waals surface area contributed by atoms with Gasteiger partial charge >= 0.3 is 6.18 Å². The van der Waals surface area contributed by atoms with Crippen LogP contribution in [0.3, 0.4) is 0 Å². The van der Waals surface area contributed by atoms with Gasteiger partial charge in [-0.05, 0) is 17.7 Å². The van der Waals surface area contributed by atoms with Crippen LogP contribution in [0.2, 0.25) is 5.02 Å². The molecule has 0 radical (unpaired) electrons. The van der Waals surface area contributed by atoms with E-state index in [0.29, 0.717) is 18.7 Å². The van der Waals surface area contributed by atoms with Crippen molar-refractivity contribution >= 4 is 29.9 Å². The molecule has 0 unspecified atom stereocenters. The highest BCUT2D eigenvalue weighted by atomic mass is 35.5. The minimum atomic E-state index is -4.65. The lowest BCUT2D eigenvalue weighted by Gasteiger charge is -2.13. The fraction of sp³-hybridized carbons (Fsp3) is 0.444.